The Kier molecular flexibility index (Phi) is 6.03. The van der Waals surface area contributed by atoms with Gasteiger partial charge in [-0.05, 0) is 44.1 Å². The van der Waals surface area contributed by atoms with E-state index in [9.17, 15) is 0 Å². The third-order valence-electron chi connectivity index (χ3n) is 7.07. The minimum Gasteiger partial charge on any atom is -0.493 e. The van der Waals surface area contributed by atoms with Crippen LogP contribution in [0.4, 0.5) is 0 Å². The Balaban J connectivity index is 1.31. The SMILES string of the molecule is COc1cc(-c2[nH]nc(-c3nc4c(s3)CC(NC3CCOCC3)CC4)c2C(C)C)cn2ncnc12. The molecule has 1 fully saturated rings. The van der Waals surface area contributed by atoms with Crippen molar-refractivity contribution in [1.29, 1.82) is 0 Å². The summed E-state index contributed by atoms with van der Waals surface area (Å²) in [6.45, 7) is 6.14. The summed E-state index contributed by atoms with van der Waals surface area (Å²) >= 11 is 1.80. The lowest BCUT2D eigenvalue weighted by molar-refractivity contribution is 0.0743. The van der Waals surface area contributed by atoms with Crippen LogP contribution in [-0.2, 0) is 17.6 Å². The molecule has 0 bridgehead atoms. The molecule has 4 aromatic heterocycles. The summed E-state index contributed by atoms with van der Waals surface area (Å²) in [6, 6.07) is 3.08. The number of methoxy groups -OCH3 is 1. The molecule has 10 heteroatoms. The highest BCUT2D eigenvalue weighted by atomic mass is 32.1. The molecule has 1 saturated heterocycles. The first-order valence-electron chi connectivity index (χ1n) is 12.4. The van der Waals surface area contributed by atoms with E-state index in [1.54, 1.807) is 23.0 Å². The highest BCUT2D eigenvalue weighted by Gasteiger charge is 2.28. The molecule has 1 aliphatic heterocycles. The van der Waals surface area contributed by atoms with Crippen molar-refractivity contribution in [3.63, 3.8) is 0 Å². The topological polar surface area (TPSA) is 102 Å². The second kappa shape index (κ2) is 9.33. The van der Waals surface area contributed by atoms with E-state index in [1.165, 1.54) is 16.9 Å². The summed E-state index contributed by atoms with van der Waals surface area (Å²) in [5, 5.41) is 17.3. The van der Waals surface area contributed by atoms with Gasteiger partial charge in [-0.25, -0.2) is 14.5 Å². The number of hydrogen-bond acceptors (Lipinski definition) is 8. The second-order valence-corrected chi connectivity index (χ2v) is 10.8. The maximum absolute atomic E-state index is 5.58. The lowest BCUT2D eigenvalue weighted by Gasteiger charge is -2.30. The van der Waals surface area contributed by atoms with Crippen LogP contribution in [0, 0.1) is 0 Å². The molecule has 184 valence electrons. The molecule has 2 N–H and O–H groups in total. The van der Waals surface area contributed by atoms with E-state index in [0.717, 1.165) is 72.8 Å². The van der Waals surface area contributed by atoms with Crippen LogP contribution in [0.25, 0.3) is 27.6 Å². The van der Waals surface area contributed by atoms with E-state index in [4.69, 9.17) is 19.6 Å². The van der Waals surface area contributed by atoms with Crippen LogP contribution in [0.3, 0.4) is 0 Å². The van der Waals surface area contributed by atoms with Gasteiger partial charge in [0.1, 0.15) is 17.0 Å². The number of pyridine rings is 1. The number of aryl methyl sites for hydroxylation is 1. The number of H-pyrrole nitrogens is 1. The van der Waals surface area contributed by atoms with Crippen molar-refractivity contribution >= 4 is 17.0 Å². The summed E-state index contributed by atoms with van der Waals surface area (Å²) in [5.74, 6) is 0.943. The molecule has 0 radical (unpaired) electrons. The zero-order valence-corrected chi connectivity index (χ0v) is 21.2. The molecule has 0 spiro atoms. The fourth-order valence-electron chi connectivity index (χ4n) is 5.29. The molecular weight excluding hydrogens is 462 g/mol. The van der Waals surface area contributed by atoms with Gasteiger partial charge < -0.3 is 14.8 Å². The number of ether oxygens (including phenoxy) is 2. The highest BCUT2D eigenvalue weighted by molar-refractivity contribution is 7.15. The maximum atomic E-state index is 5.58. The van der Waals surface area contributed by atoms with Crippen molar-refractivity contribution < 1.29 is 9.47 Å². The quantitative estimate of drug-likeness (QED) is 0.419. The van der Waals surface area contributed by atoms with Crippen molar-refractivity contribution in [2.75, 3.05) is 20.3 Å². The van der Waals surface area contributed by atoms with Gasteiger partial charge >= 0.3 is 0 Å². The monoisotopic (exact) mass is 493 g/mol. The number of nitrogens with zero attached hydrogens (tertiary/aromatic N) is 5. The largest absolute Gasteiger partial charge is 0.493 e. The summed E-state index contributed by atoms with van der Waals surface area (Å²) in [6.07, 6.45) is 8.90. The first kappa shape index (κ1) is 22.6. The van der Waals surface area contributed by atoms with E-state index >= 15 is 0 Å². The number of nitrogens with one attached hydrogen (secondary N) is 2. The first-order chi connectivity index (χ1) is 17.1. The fourth-order valence-corrected chi connectivity index (χ4v) is 6.49. The smallest absolute Gasteiger partial charge is 0.197 e. The third-order valence-corrected chi connectivity index (χ3v) is 8.19. The lowest BCUT2D eigenvalue weighted by atomic mass is 9.95. The van der Waals surface area contributed by atoms with Gasteiger partial charge in [0.15, 0.2) is 11.4 Å². The zero-order valence-electron chi connectivity index (χ0n) is 20.4. The van der Waals surface area contributed by atoms with Crippen LogP contribution in [-0.4, -0.2) is 62.2 Å². The number of aromatic nitrogens is 6. The summed E-state index contributed by atoms with van der Waals surface area (Å²) in [4.78, 5) is 10.7. The van der Waals surface area contributed by atoms with Gasteiger partial charge in [0.2, 0.25) is 0 Å². The van der Waals surface area contributed by atoms with Crippen molar-refractivity contribution in [3.8, 4) is 27.7 Å². The van der Waals surface area contributed by atoms with Crippen LogP contribution in [0.5, 0.6) is 5.75 Å². The molecule has 4 aromatic rings. The summed E-state index contributed by atoms with van der Waals surface area (Å²) in [7, 11) is 1.65. The second-order valence-electron chi connectivity index (χ2n) is 9.72. The van der Waals surface area contributed by atoms with Crippen LogP contribution in [0.1, 0.15) is 55.2 Å². The van der Waals surface area contributed by atoms with Crippen molar-refractivity contribution in [3.05, 3.63) is 34.7 Å². The van der Waals surface area contributed by atoms with E-state index in [1.807, 2.05) is 12.3 Å². The third kappa shape index (κ3) is 4.23. The number of hydrogen-bond donors (Lipinski definition) is 2. The first-order valence-corrected chi connectivity index (χ1v) is 13.2. The predicted octanol–water partition coefficient (Wildman–Crippen LogP) is 4.00. The number of thiazole rings is 1. The highest BCUT2D eigenvalue weighted by Crippen LogP contribution is 2.40. The lowest BCUT2D eigenvalue weighted by Crippen LogP contribution is -2.44. The van der Waals surface area contributed by atoms with Gasteiger partial charge in [0.25, 0.3) is 0 Å². The summed E-state index contributed by atoms with van der Waals surface area (Å²) < 4.78 is 12.8. The van der Waals surface area contributed by atoms with Gasteiger partial charge in [-0.3, -0.25) is 5.10 Å². The van der Waals surface area contributed by atoms with Gasteiger partial charge in [-0.1, -0.05) is 13.8 Å². The Labute approximate surface area is 208 Å². The molecule has 0 saturated carbocycles. The Morgan fingerprint density at radius 3 is 2.89 bits per heavy atom. The molecule has 0 amide bonds. The molecule has 1 atom stereocenters. The van der Waals surface area contributed by atoms with E-state index in [-0.39, 0.29) is 5.92 Å². The van der Waals surface area contributed by atoms with Gasteiger partial charge in [-0.2, -0.15) is 10.2 Å². The zero-order chi connectivity index (χ0) is 23.9. The van der Waals surface area contributed by atoms with E-state index in [2.05, 4.69) is 34.3 Å². The average molecular weight is 494 g/mol. The molecule has 0 aromatic carbocycles. The molecule has 9 nitrogen and oxygen atoms in total. The molecular formula is C25H31N7O2S. The molecule has 5 heterocycles. The molecule has 1 unspecified atom stereocenters. The van der Waals surface area contributed by atoms with Crippen LogP contribution < -0.4 is 10.1 Å². The van der Waals surface area contributed by atoms with Gasteiger partial charge in [0, 0.05) is 47.5 Å². The minimum atomic E-state index is 0.264. The number of aromatic amines is 1. The predicted molar refractivity (Wildman–Crippen MR) is 135 cm³/mol. The minimum absolute atomic E-state index is 0.264. The molecule has 2 aliphatic rings. The van der Waals surface area contributed by atoms with Crippen LogP contribution in [0.2, 0.25) is 0 Å². The van der Waals surface area contributed by atoms with Gasteiger partial charge in [0.05, 0.1) is 18.5 Å². The van der Waals surface area contributed by atoms with Crippen molar-refractivity contribution in [2.45, 2.75) is 64.0 Å². The molecule has 35 heavy (non-hydrogen) atoms. The van der Waals surface area contributed by atoms with Crippen LogP contribution >= 0.6 is 11.3 Å². The van der Waals surface area contributed by atoms with Crippen molar-refractivity contribution in [2.24, 2.45) is 0 Å². The Morgan fingerprint density at radius 2 is 2.09 bits per heavy atom. The Morgan fingerprint density at radius 1 is 1.23 bits per heavy atom. The Bertz CT molecular complexity index is 1340. The van der Waals surface area contributed by atoms with Crippen LogP contribution in [0.15, 0.2) is 18.6 Å². The van der Waals surface area contributed by atoms with Gasteiger partial charge in [-0.15, -0.1) is 11.3 Å². The average Bonchev–Trinajstić information content (AvgIpc) is 3.61. The summed E-state index contributed by atoms with van der Waals surface area (Å²) in [5.41, 5.74) is 5.97. The molecule has 1 aliphatic carbocycles. The van der Waals surface area contributed by atoms with E-state index < -0.39 is 0 Å². The fraction of sp³-hybridized carbons (Fsp3) is 0.520. The normalized spacial score (nSPS) is 18.9. The van der Waals surface area contributed by atoms with Crippen molar-refractivity contribution in [1.82, 2.24) is 35.1 Å². The maximum Gasteiger partial charge on any atom is 0.197 e. The molecule has 6 rings (SSSR count). The number of rotatable bonds is 6. The standard InChI is InChI=1S/C25H31N7O2S/c1-14(2)21-22(15-10-19(33-3)24-26-13-27-32(24)12-15)30-31-23(21)25-29-18-5-4-17(11-20(18)35-25)28-16-6-8-34-9-7-16/h10,12-14,16-17,28H,4-9,11H2,1-3H3,(H,30,31). The van der Waals surface area contributed by atoms with E-state index in [0.29, 0.717) is 23.5 Å². The number of fused-ring (bicyclic) bond motifs is 2. The Hall–Kier alpha value is -2.82.